The number of carbonyl (C=O) groups is 2. The molecular formula is C17H22BrNO5. The summed E-state index contributed by atoms with van der Waals surface area (Å²) in [6.07, 6.45) is 1.18. The number of ether oxygens (including phenoxy) is 3. The minimum absolute atomic E-state index is 0.155. The molecule has 0 aromatic heterocycles. The van der Waals surface area contributed by atoms with Gasteiger partial charge < -0.3 is 19.1 Å². The number of benzene rings is 1. The summed E-state index contributed by atoms with van der Waals surface area (Å²) in [5.74, 6) is 0.226. The molecule has 1 aromatic carbocycles. The van der Waals surface area contributed by atoms with E-state index in [0.717, 1.165) is 25.9 Å². The van der Waals surface area contributed by atoms with Crippen LogP contribution in [0.5, 0.6) is 11.5 Å². The predicted molar refractivity (Wildman–Crippen MR) is 92.6 cm³/mol. The lowest BCUT2D eigenvalue weighted by molar-refractivity contribution is -0.138. The predicted octanol–water partition coefficient (Wildman–Crippen LogP) is 3.02. The lowest BCUT2D eigenvalue weighted by Crippen LogP contribution is -2.38. The molecule has 1 aliphatic heterocycles. The van der Waals surface area contributed by atoms with Crippen molar-refractivity contribution in [1.82, 2.24) is 4.90 Å². The molecule has 1 atom stereocenters. The largest absolute Gasteiger partial charge is 0.493 e. The fourth-order valence-corrected chi connectivity index (χ4v) is 3.15. The molecule has 2 rings (SSSR count). The number of halogens is 1. The van der Waals surface area contributed by atoms with Crippen molar-refractivity contribution in [3.05, 3.63) is 22.2 Å². The Balaban J connectivity index is 2.11. The molecule has 132 valence electrons. The first-order valence-corrected chi connectivity index (χ1v) is 8.77. The summed E-state index contributed by atoms with van der Waals surface area (Å²) < 4.78 is 16.7. The fraction of sp³-hybridized carbons (Fsp3) is 0.529. The van der Waals surface area contributed by atoms with Gasteiger partial charge in [-0.25, -0.2) is 4.79 Å². The number of amides is 1. The molecule has 0 N–H and O–H groups in total. The van der Waals surface area contributed by atoms with Gasteiger partial charge in [-0.1, -0.05) is 0 Å². The highest BCUT2D eigenvalue weighted by atomic mass is 79.9. The third-order valence-electron chi connectivity index (χ3n) is 3.80. The summed E-state index contributed by atoms with van der Waals surface area (Å²) in [6.45, 7) is 5.38. The molecule has 0 spiro atoms. The molecule has 0 saturated carbocycles. The number of hydrogen-bond donors (Lipinski definition) is 0. The lowest BCUT2D eigenvalue weighted by atomic mass is 10.2. The van der Waals surface area contributed by atoms with Crippen LogP contribution >= 0.6 is 15.9 Å². The molecule has 1 amide bonds. The maximum atomic E-state index is 12.4. The van der Waals surface area contributed by atoms with Crippen molar-refractivity contribution in [3.8, 4) is 11.5 Å². The number of nitrogens with zero attached hydrogens (tertiary/aromatic N) is 1. The Kier molecular flexibility index (Phi) is 6.48. The molecule has 1 heterocycles. The van der Waals surface area contributed by atoms with Crippen LogP contribution in [-0.2, 0) is 9.53 Å². The molecule has 1 saturated heterocycles. The van der Waals surface area contributed by atoms with E-state index in [9.17, 15) is 9.59 Å². The third kappa shape index (κ3) is 4.20. The van der Waals surface area contributed by atoms with E-state index in [4.69, 9.17) is 14.2 Å². The molecule has 0 radical (unpaired) electrons. The first-order chi connectivity index (χ1) is 11.5. The van der Waals surface area contributed by atoms with E-state index in [-0.39, 0.29) is 5.91 Å². The van der Waals surface area contributed by atoms with E-state index in [2.05, 4.69) is 15.9 Å². The summed E-state index contributed by atoms with van der Waals surface area (Å²) >= 11 is 3.37. The van der Waals surface area contributed by atoms with Crippen LogP contribution in [0.4, 0.5) is 0 Å². The smallest absolute Gasteiger partial charge is 0.339 e. The number of rotatable bonds is 6. The molecule has 1 fully saturated rings. The summed E-state index contributed by atoms with van der Waals surface area (Å²) in [5, 5.41) is 0. The Hall–Kier alpha value is -1.76. The highest BCUT2D eigenvalue weighted by molar-refractivity contribution is 9.10. The summed E-state index contributed by atoms with van der Waals surface area (Å²) in [6, 6.07) is 3.15. The van der Waals surface area contributed by atoms with Gasteiger partial charge >= 0.3 is 5.97 Å². The van der Waals surface area contributed by atoms with Crippen molar-refractivity contribution in [2.75, 3.05) is 26.8 Å². The quantitative estimate of drug-likeness (QED) is 0.687. The van der Waals surface area contributed by atoms with Crippen molar-refractivity contribution in [2.45, 2.75) is 32.8 Å². The maximum absolute atomic E-state index is 12.4. The van der Waals surface area contributed by atoms with Gasteiger partial charge in [-0.2, -0.15) is 0 Å². The van der Waals surface area contributed by atoms with Gasteiger partial charge in [0.25, 0.3) is 5.91 Å². The van der Waals surface area contributed by atoms with Crippen molar-refractivity contribution >= 4 is 27.8 Å². The first kappa shape index (κ1) is 18.6. The second kappa shape index (κ2) is 8.37. The Bertz CT molecular complexity index is 613. The van der Waals surface area contributed by atoms with E-state index in [0.29, 0.717) is 28.1 Å². The minimum atomic E-state index is -0.813. The van der Waals surface area contributed by atoms with Gasteiger partial charge in [0.05, 0.1) is 23.8 Å². The number of methoxy groups -OCH3 is 1. The van der Waals surface area contributed by atoms with Gasteiger partial charge in [0.2, 0.25) is 0 Å². The summed E-state index contributed by atoms with van der Waals surface area (Å²) in [5.41, 5.74) is 0.295. The molecular weight excluding hydrogens is 378 g/mol. The Morgan fingerprint density at radius 1 is 1.29 bits per heavy atom. The highest BCUT2D eigenvalue weighted by Crippen LogP contribution is 2.36. The summed E-state index contributed by atoms with van der Waals surface area (Å²) in [7, 11) is 1.50. The number of hydrogen-bond acceptors (Lipinski definition) is 5. The van der Waals surface area contributed by atoms with Crippen molar-refractivity contribution in [3.63, 3.8) is 0 Å². The van der Waals surface area contributed by atoms with Crippen LogP contribution in [-0.4, -0.2) is 49.7 Å². The van der Waals surface area contributed by atoms with E-state index < -0.39 is 12.1 Å². The molecule has 0 aliphatic carbocycles. The maximum Gasteiger partial charge on any atom is 0.339 e. The second-order valence-corrected chi connectivity index (χ2v) is 6.36. The van der Waals surface area contributed by atoms with E-state index in [1.54, 1.807) is 24.0 Å². The number of likely N-dealkylation sites (tertiary alicyclic amines) is 1. The van der Waals surface area contributed by atoms with Crippen LogP contribution in [0.3, 0.4) is 0 Å². The Labute approximate surface area is 150 Å². The Morgan fingerprint density at radius 2 is 1.96 bits per heavy atom. The van der Waals surface area contributed by atoms with Crippen molar-refractivity contribution in [1.29, 1.82) is 0 Å². The van der Waals surface area contributed by atoms with E-state index in [1.165, 1.54) is 7.11 Å². The lowest BCUT2D eigenvalue weighted by Gasteiger charge is -2.20. The van der Waals surface area contributed by atoms with Gasteiger partial charge in [-0.15, -0.1) is 0 Å². The average molecular weight is 400 g/mol. The zero-order valence-corrected chi connectivity index (χ0v) is 15.7. The molecule has 1 aliphatic rings. The standard InChI is InChI=1S/C17H22BrNO5/c1-4-23-15-13(18)9-12(10-14(15)22-3)17(21)24-11(2)16(20)19-7-5-6-8-19/h9-11H,4-8H2,1-3H3/t11-/m0/s1. The summed E-state index contributed by atoms with van der Waals surface area (Å²) in [4.78, 5) is 26.3. The highest BCUT2D eigenvalue weighted by Gasteiger charge is 2.27. The van der Waals surface area contributed by atoms with Gasteiger partial charge in [0.1, 0.15) is 0 Å². The number of esters is 1. The SMILES string of the molecule is CCOc1c(Br)cc(C(=O)O[C@@H](C)C(=O)N2CCCC2)cc1OC. The van der Waals surface area contributed by atoms with Crippen LogP contribution in [0.15, 0.2) is 16.6 Å². The van der Waals surface area contributed by atoms with Gasteiger partial charge in [-0.05, 0) is 54.8 Å². The molecule has 6 nitrogen and oxygen atoms in total. The van der Waals surface area contributed by atoms with Crippen LogP contribution in [0.2, 0.25) is 0 Å². The molecule has 24 heavy (non-hydrogen) atoms. The molecule has 1 aromatic rings. The van der Waals surface area contributed by atoms with Gasteiger partial charge in [0.15, 0.2) is 17.6 Å². The van der Waals surface area contributed by atoms with Crippen LogP contribution in [0.25, 0.3) is 0 Å². The van der Waals surface area contributed by atoms with E-state index in [1.807, 2.05) is 6.92 Å². The van der Waals surface area contributed by atoms with Crippen LogP contribution in [0.1, 0.15) is 37.0 Å². The molecule has 0 bridgehead atoms. The minimum Gasteiger partial charge on any atom is -0.493 e. The van der Waals surface area contributed by atoms with Crippen molar-refractivity contribution < 1.29 is 23.8 Å². The van der Waals surface area contributed by atoms with Gasteiger partial charge in [0, 0.05) is 13.1 Å². The zero-order chi connectivity index (χ0) is 17.7. The van der Waals surface area contributed by atoms with Crippen LogP contribution < -0.4 is 9.47 Å². The fourth-order valence-electron chi connectivity index (χ4n) is 2.60. The van der Waals surface area contributed by atoms with Gasteiger partial charge in [-0.3, -0.25) is 4.79 Å². The zero-order valence-electron chi connectivity index (χ0n) is 14.1. The molecule has 0 unspecified atom stereocenters. The monoisotopic (exact) mass is 399 g/mol. The topological polar surface area (TPSA) is 65.1 Å². The average Bonchev–Trinajstić information content (AvgIpc) is 3.10. The first-order valence-electron chi connectivity index (χ1n) is 7.98. The van der Waals surface area contributed by atoms with Crippen LogP contribution in [0, 0.1) is 0 Å². The normalized spacial score (nSPS) is 15.1. The number of carbonyl (C=O) groups excluding carboxylic acids is 2. The second-order valence-electron chi connectivity index (χ2n) is 5.50. The Morgan fingerprint density at radius 3 is 2.54 bits per heavy atom. The van der Waals surface area contributed by atoms with Crippen molar-refractivity contribution in [2.24, 2.45) is 0 Å². The van der Waals surface area contributed by atoms with E-state index >= 15 is 0 Å². The molecule has 7 heteroatoms. The third-order valence-corrected chi connectivity index (χ3v) is 4.39.